The molecule has 2 aromatic rings. The molecule has 5 heteroatoms. The number of carbonyl (C=O) groups excluding carboxylic acids is 1. The Balaban J connectivity index is 2.01. The largest absolute Gasteiger partial charge is 0.497 e. The second kappa shape index (κ2) is 9.37. The Morgan fingerprint density at radius 2 is 1.76 bits per heavy atom. The molecule has 0 fully saturated rings. The maximum Gasteiger partial charge on any atom is 0.233 e. The number of carbonyl (C=O) groups is 1. The molecular weight excluding hydrogens is 334 g/mol. The number of methoxy groups -OCH3 is 2. The van der Waals surface area contributed by atoms with E-state index in [4.69, 9.17) is 9.47 Å². The molecule has 4 nitrogen and oxygen atoms in total. The Kier molecular flexibility index (Phi) is 7.19. The smallest absolute Gasteiger partial charge is 0.233 e. The van der Waals surface area contributed by atoms with E-state index in [2.05, 4.69) is 0 Å². The lowest BCUT2D eigenvalue weighted by atomic mass is 10.1. The summed E-state index contributed by atoms with van der Waals surface area (Å²) >= 11 is 1.54. The normalized spacial score (nSPS) is 11.7. The zero-order valence-corrected chi connectivity index (χ0v) is 16.0. The van der Waals surface area contributed by atoms with Crippen molar-refractivity contribution in [1.29, 1.82) is 0 Å². The van der Waals surface area contributed by atoms with E-state index in [9.17, 15) is 4.79 Å². The molecule has 0 saturated heterocycles. The molecule has 0 aliphatic carbocycles. The highest BCUT2D eigenvalue weighted by Gasteiger charge is 2.20. The second-order valence-electron chi connectivity index (χ2n) is 5.60. The van der Waals surface area contributed by atoms with Crippen molar-refractivity contribution in [1.82, 2.24) is 4.90 Å². The van der Waals surface area contributed by atoms with E-state index < -0.39 is 0 Å². The molecule has 25 heavy (non-hydrogen) atoms. The standard InChI is InChI=1S/C20H25NO3S/c1-5-21(15(2)16-7-6-8-18(13-16)24-4)20(22)14-25-19-11-9-17(23-3)10-12-19/h6-13,15H,5,14H2,1-4H3. The zero-order chi connectivity index (χ0) is 18.2. The molecule has 0 saturated carbocycles. The number of ether oxygens (including phenoxy) is 2. The number of rotatable bonds is 8. The van der Waals surface area contributed by atoms with Crippen molar-refractivity contribution in [2.75, 3.05) is 26.5 Å². The Hall–Kier alpha value is -2.14. The Labute approximate surface area is 154 Å². The summed E-state index contributed by atoms with van der Waals surface area (Å²) in [6, 6.07) is 15.6. The summed E-state index contributed by atoms with van der Waals surface area (Å²) in [6.07, 6.45) is 0. The van der Waals surface area contributed by atoms with Gasteiger partial charge in [-0.2, -0.15) is 0 Å². The van der Waals surface area contributed by atoms with Crippen LogP contribution in [0.25, 0.3) is 0 Å². The third kappa shape index (κ3) is 5.16. The number of amides is 1. The minimum absolute atomic E-state index is 0.00377. The van der Waals surface area contributed by atoms with Crippen LogP contribution in [0.5, 0.6) is 11.5 Å². The highest BCUT2D eigenvalue weighted by atomic mass is 32.2. The van der Waals surface area contributed by atoms with Crippen molar-refractivity contribution in [2.45, 2.75) is 24.8 Å². The summed E-state index contributed by atoms with van der Waals surface area (Å²) in [4.78, 5) is 15.6. The quantitative estimate of drug-likeness (QED) is 0.655. The molecule has 0 radical (unpaired) electrons. The molecule has 0 aliphatic heterocycles. The predicted molar refractivity (Wildman–Crippen MR) is 103 cm³/mol. The van der Waals surface area contributed by atoms with E-state index in [1.54, 1.807) is 26.0 Å². The lowest BCUT2D eigenvalue weighted by Crippen LogP contribution is -2.34. The third-order valence-corrected chi connectivity index (χ3v) is 5.12. The van der Waals surface area contributed by atoms with E-state index in [0.29, 0.717) is 12.3 Å². The summed E-state index contributed by atoms with van der Waals surface area (Å²) in [6.45, 7) is 4.72. The van der Waals surface area contributed by atoms with Crippen LogP contribution in [0.4, 0.5) is 0 Å². The van der Waals surface area contributed by atoms with E-state index in [0.717, 1.165) is 22.0 Å². The van der Waals surface area contributed by atoms with Gasteiger partial charge in [0.15, 0.2) is 0 Å². The number of nitrogens with zero attached hydrogens (tertiary/aromatic N) is 1. The molecule has 0 N–H and O–H groups in total. The average molecular weight is 359 g/mol. The molecule has 0 aliphatic rings. The van der Waals surface area contributed by atoms with Crippen LogP contribution in [-0.2, 0) is 4.79 Å². The van der Waals surface area contributed by atoms with Gasteiger partial charge in [-0.15, -0.1) is 11.8 Å². The number of hydrogen-bond acceptors (Lipinski definition) is 4. The summed E-state index contributed by atoms with van der Waals surface area (Å²) < 4.78 is 10.4. The molecule has 134 valence electrons. The van der Waals surface area contributed by atoms with Crippen LogP contribution in [0, 0.1) is 0 Å². The minimum Gasteiger partial charge on any atom is -0.497 e. The Bertz CT molecular complexity index is 688. The van der Waals surface area contributed by atoms with Gasteiger partial charge in [0.1, 0.15) is 11.5 Å². The van der Waals surface area contributed by atoms with Crippen LogP contribution in [-0.4, -0.2) is 37.3 Å². The minimum atomic E-state index is 0.00377. The molecule has 0 heterocycles. The first-order valence-corrected chi connectivity index (χ1v) is 9.27. The van der Waals surface area contributed by atoms with Gasteiger partial charge >= 0.3 is 0 Å². The van der Waals surface area contributed by atoms with Crippen molar-refractivity contribution >= 4 is 17.7 Å². The predicted octanol–water partition coefficient (Wildman–Crippen LogP) is 4.41. The molecule has 0 spiro atoms. The van der Waals surface area contributed by atoms with Gasteiger partial charge in [-0.05, 0) is 55.8 Å². The van der Waals surface area contributed by atoms with Gasteiger partial charge in [-0.3, -0.25) is 4.79 Å². The second-order valence-corrected chi connectivity index (χ2v) is 6.65. The Morgan fingerprint density at radius 1 is 1.08 bits per heavy atom. The molecule has 0 bridgehead atoms. The molecule has 1 unspecified atom stereocenters. The summed E-state index contributed by atoms with van der Waals surface area (Å²) in [5.41, 5.74) is 1.07. The van der Waals surface area contributed by atoms with Crippen molar-refractivity contribution < 1.29 is 14.3 Å². The molecule has 1 atom stereocenters. The molecule has 1 amide bonds. The maximum atomic E-state index is 12.7. The number of hydrogen-bond donors (Lipinski definition) is 0. The van der Waals surface area contributed by atoms with E-state index >= 15 is 0 Å². The van der Waals surface area contributed by atoms with Crippen molar-refractivity contribution in [2.24, 2.45) is 0 Å². The monoisotopic (exact) mass is 359 g/mol. The average Bonchev–Trinajstić information content (AvgIpc) is 2.67. The lowest BCUT2D eigenvalue weighted by Gasteiger charge is -2.28. The molecular formula is C20H25NO3S. The van der Waals surface area contributed by atoms with Crippen LogP contribution in [0.1, 0.15) is 25.5 Å². The highest BCUT2D eigenvalue weighted by molar-refractivity contribution is 8.00. The van der Waals surface area contributed by atoms with Crippen LogP contribution in [0.15, 0.2) is 53.4 Å². The lowest BCUT2D eigenvalue weighted by molar-refractivity contribution is -0.130. The topological polar surface area (TPSA) is 38.8 Å². The van der Waals surface area contributed by atoms with Gasteiger partial charge < -0.3 is 14.4 Å². The van der Waals surface area contributed by atoms with Crippen molar-refractivity contribution in [3.05, 3.63) is 54.1 Å². The van der Waals surface area contributed by atoms with Gasteiger partial charge in [0, 0.05) is 11.4 Å². The summed E-state index contributed by atoms with van der Waals surface area (Å²) in [5, 5.41) is 0. The van der Waals surface area contributed by atoms with E-state index in [1.165, 1.54) is 0 Å². The van der Waals surface area contributed by atoms with Crippen LogP contribution >= 0.6 is 11.8 Å². The number of thioether (sulfide) groups is 1. The van der Waals surface area contributed by atoms with Crippen LogP contribution < -0.4 is 9.47 Å². The maximum absolute atomic E-state index is 12.7. The van der Waals surface area contributed by atoms with Gasteiger partial charge in [0.05, 0.1) is 26.0 Å². The van der Waals surface area contributed by atoms with Gasteiger partial charge in [-0.25, -0.2) is 0 Å². The fraction of sp³-hybridized carbons (Fsp3) is 0.350. The summed E-state index contributed by atoms with van der Waals surface area (Å²) in [5.74, 6) is 2.16. The van der Waals surface area contributed by atoms with Crippen LogP contribution in [0.2, 0.25) is 0 Å². The fourth-order valence-electron chi connectivity index (χ4n) is 2.65. The van der Waals surface area contributed by atoms with Gasteiger partial charge in [0.25, 0.3) is 0 Å². The summed E-state index contributed by atoms with van der Waals surface area (Å²) in [7, 11) is 3.29. The third-order valence-electron chi connectivity index (χ3n) is 4.13. The first-order chi connectivity index (χ1) is 12.1. The van der Waals surface area contributed by atoms with Crippen molar-refractivity contribution in [3.8, 4) is 11.5 Å². The molecule has 2 aromatic carbocycles. The van der Waals surface area contributed by atoms with Crippen LogP contribution in [0.3, 0.4) is 0 Å². The highest BCUT2D eigenvalue weighted by Crippen LogP contribution is 2.26. The van der Waals surface area contributed by atoms with Gasteiger partial charge in [0.2, 0.25) is 5.91 Å². The fourth-order valence-corrected chi connectivity index (χ4v) is 3.43. The van der Waals surface area contributed by atoms with Crippen molar-refractivity contribution in [3.63, 3.8) is 0 Å². The SMILES string of the molecule is CCN(C(=O)CSc1ccc(OC)cc1)C(C)c1cccc(OC)c1. The zero-order valence-electron chi connectivity index (χ0n) is 15.2. The molecule has 0 aromatic heterocycles. The first-order valence-electron chi connectivity index (χ1n) is 8.29. The van der Waals surface area contributed by atoms with Gasteiger partial charge in [-0.1, -0.05) is 12.1 Å². The van der Waals surface area contributed by atoms with E-state index in [-0.39, 0.29) is 11.9 Å². The first kappa shape index (κ1) is 19.2. The van der Waals surface area contributed by atoms with E-state index in [1.807, 2.05) is 67.3 Å². The number of benzene rings is 2. The molecule has 2 rings (SSSR count). The Morgan fingerprint density at radius 3 is 2.36 bits per heavy atom.